The standard InChI is InChI=1S/C15H28N2O3/c1-11(2)8-12(9-14(18)19)10-17-15(20)13-6-4-3-5-7-16-13/h11-13,16H,3-10H2,1-2H3,(H,17,20)(H,18,19)/t12-,13?/m0/s1. The van der Waals surface area contributed by atoms with Crippen LogP contribution in [0.5, 0.6) is 0 Å². The number of carbonyl (C=O) groups excluding carboxylic acids is 1. The minimum absolute atomic E-state index is 0.0160. The average Bonchev–Trinajstić information content (AvgIpc) is 2.63. The molecule has 116 valence electrons. The Morgan fingerprint density at radius 3 is 2.70 bits per heavy atom. The summed E-state index contributed by atoms with van der Waals surface area (Å²) in [6.07, 6.45) is 5.20. The number of carbonyl (C=O) groups is 2. The van der Waals surface area contributed by atoms with E-state index in [1.807, 2.05) is 0 Å². The van der Waals surface area contributed by atoms with Crippen molar-refractivity contribution in [1.82, 2.24) is 10.6 Å². The molecule has 1 unspecified atom stereocenters. The van der Waals surface area contributed by atoms with Crippen LogP contribution in [0.2, 0.25) is 0 Å². The van der Waals surface area contributed by atoms with E-state index in [4.69, 9.17) is 5.11 Å². The molecule has 5 nitrogen and oxygen atoms in total. The van der Waals surface area contributed by atoms with Crippen LogP contribution in [0.3, 0.4) is 0 Å². The number of hydrogen-bond donors (Lipinski definition) is 3. The predicted octanol–water partition coefficient (Wildman–Crippen LogP) is 1.77. The Hall–Kier alpha value is -1.10. The summed E-state index contributed by atoms with van der Waals surface area (Å²) in [7, 11) is 0. The van der Waals surface area contributed by atoms with Crippen LogP contribution >= 0.6 is 0 Å². The van der Waals surface area contributed by atoms with Gasteiger partial charge in [0.2, 0.25) is 5.91 Å². The maximum Gasteiger partial charge on any atom is 0.303 e. The Bertz CT molecular complexity index is 310. The van der Waals surface area contributed by atoms with Crippen molar-refractivity contribution in [3.8, 4) is 0 Å². The summed E-state index contributed by atoms with van der Waals surface area (Å²) in [5.41, 5.74) is 0. The Morgan fingerprint density at radius 1 is 1.30 bits per heavy atom. The zero-order chi connectivity index (χ0) is 15.0. The lowest BCUT2D eigenvalue weighted by molar-refractivity contribution is -0.138. The Morgan fingerprint density at radius 2 is 2.05 bits per heavy atom. The lowest BCUT2D eigenvalue weighted by atomic mass is 9.94. The molecule has 0 spiro atoms. The summed E-state index contributed by atoms with van der Waals surface area (Å²) in [4.78, 5) is 23.0. The van der Waals surface area contributed by atoms with Crippen molar-refractivity contribution in [2.24, 2.45) is 11.8 Å². The van der Waals surface area contributed by atoms with Crippen molar-refractivity contribution in [2.45, 2.75) is 58.4 Å². The van der Waals surface area contributed by atoms with E-state index >= 15 is 0 Å². The minimum atomic E-state index is -0.794. The second-order valence-corrected chi connectivity index (χ2v) is 6.19. The van der Waals surface area contributed by atoms with Gasteiger partial charge in [-0.05, 0) is 37.6 Å². The highest BCUT2D eigenvalue weighted by atomic mass is 16.4. The zero-order valence-corrected chi connectivity index (χ0v) is 12.7. The molecule has 2 atom stereocenters. The fraction of sp³-hybridized carbons (Fsp3) is 0.867. The molecule has 3 N–H and O–H groups in total. The van der Waals surface area contributed by atoms with Gasteiger partial charge < -0.3 is 15.7 Å². The van der Waals surface area contributed by atoms with Crippen LogP contribution in [0.4, 0.5) is 0 Å². The summed E-state index contributed by atoms with van der Waals surface area (Å²) in [6.45, 7) is 5.50. The fourth-order valence-corrected chi connectivity index (χ4v) is 2.77. The van der Waals surface area contributed by atoms with Crippen LogP contribution in [-0.2, 0) is 9.59 Å². The van der Waals surface area contributed by atoms with Gasteiger partial charge in [0, 0.05) is 13.0 Å². The van der Waals surface area contributed by atoms with Crippen molar-refractivity contribution in [1.29, 1.82) is 0 Å². The molecule has 1 saturated heterocycles. The van der Waals surface area contributed by atoms with Gasteiger partial charge in [-0.15, -0.1) is 0 Å². The van der Waals surface area contributed by atoms with Gasteiger partial charge in [-0.25, -0.2) is 0 Å². The van der Waals surface area contributed by atoms with Crippen LogP contribution in [0.1, 0.15) is 52.4 Å². The van der Waals surface area contributed by atoms with Gasteiger partial charge >= 0.3 is 5.97 Å². The van der Waals surface area contributed by atoms with Gasteiger partial charge in [0.05, 0.1) is 6.04 Å². The third-order valence-corrected chi connectivity index (χ3v) is 3.71. The maximum absolute atomic E-state index is 12.1. The maximum atomic E-state index is 12.1. The third-order valence-electron chi connectivity index (χ3n) is 3.71. The minimum Gasteiger partial charge on any atom is -0.481 e. The Labute approximate surface area is 121 Å². The van der Waals surface area contributed by atoms with E-state index in [0.717, 1.165) is 32.2 Å². The molecule has 1 fully saturated rings. The second kappa shape index (κ2) is 8.95. The van der Waals surface area contributed by atoms with E-state index in [2.05, 4.69) is 24.5 Å². The first-order chi connectivity index (χ1) is 9.49. The topological polar surface area (TPSA) is 78.4 Å². The molecular formula is C15H28N2O3. The van der Waals surface area contributed by atoms with Crippen molar-refractivity contribution >= 4 is 11.9 Å². The number of carboxylic acids is 1. The van der Waals surface area contributed by atoms with Crippen LogP contribution < -0.4 is 10.6 Å². The molecule has 0 aliphatic carbocycles. The molecule has 1 heterocycles. The van der Waals surface area contributed by atoms with Gasteiger partial charge in [0.15, 0.2) is 0 Å². The molecule has 0 saturated carbocycles. The summed E-state index contributed by atoms with van der Waals surface area (Å²) in [5, 5.41) is 15.1. The molecule has 1 amide bonds. The number of aliphatic carboxylic acids is 1. The molecule has 0 aromatic heterocycles. The number of carboxylic acid groups (broad SMARTS) is 1. The first kappa shape index (κ1) is 17.0. The fourth-order valence-electron chi connectivity index (χ4n) is 2.77. The van der Waals surface area contributed by atoms with E-state index in [-0.39, 0.29) is 24.3 Å². The van der Waals surface area contributed by atoms with Crippen LogP contribution in [0, 0.1) is 11.8 Å². The molecule has 1 aliphatic heterocycles. The largest absolute Gasteiger partial charge is 0.481 e. The van der Waals surface area contributed by atoms with Gasteiger partial charge in [-0.3, -0.25) is 9.59 Å². The average molecular weight is 284 g/mol. The van der Waals surface area contributed by atoms with Crippen molar-refractivity contribution in [3.05, 3.63) is 0 Å². The number of amides is 1. The summed E-state index contributed by atoms with van der Waals surface area (Å²) in [5.74, 6) is -0.321. The van der Waals surface area contributed by atoms with Gasteiger partial charge in [-0.1, -0.05) is 26.7 Å². The Kier molecular flexibility index (Phi) is 7.59. The SMILES string of the molecule is CC(C)C[C@H](CNC(=O)C1CCCCCN1)CC(=O)O. The highest BCUT2D eigenvalue weighted by molar-refractivity contribution is 5.81. The van der Waals surface area contributed by atoms with Gasteiger partial charge in [-0.2, -0.15) is 0 Å². The zero-order valence-electron chi connectivity index (χ0n) is 12.7. The van der Waals surface area contributed by atoms with E-state index in [9.17, 15) is 9.59 Å². The molecular weight excluding hydrogens is 256 g/mol. The van der Waals surface area contributed by atoms with Crippen LogP contribution in [-0.4, -0.2) is 36.1 Å². The number of rotatable bonds is 7. The smallest absolute Gasteiger partial charge is 0.303 e. The van der Waals surface area contributed by atoms with E-state index in [1.165, 1.54) is 6.42 Å². The van der Waals surface area contributed by atoms with Crippen molar-refractivity contribution in [2.75, 3.05) is 13.1 Å². The monoisotopic (exact) mass is 284 g/mol. The lowest BCUT2D eigenvalue weighted by Crippen LogP contribution is -2.45. The summed E-state index contributed by atoms with van der Waals surface area (Å²) >= 11 is 0. The molecule has 20 heavy (non-hydrogen) atoms. The van der Waals surface area contributed by atoms with E-state index in [0.29, 0.717) is 12.5 Å². The van der Waals surface area contributed by atoms with E-state index < -0.39 is 5.97 Å². The summed E-state index contributed by atoms with van der Waals surface area (Å²) in [6, 6.07) is -0.109. The molecule has 1 rings (SSSR count). The molecule has 0 radical (unpaired) electrons. The van der Waals surface area contributed by atoms with Crippen molar-refractivity contribution in [3.63, 3.8) is 0 Å². The molecule has 0 aromatic carbocycles. The molecule has 0 aromatic rings. The first-order valence-electron chi connectivity index (χ1n) is 7.72. The second-order valence-electron chi connectivity index (χ2n) is 6.19. The van der Waals surface area contributed by atoms with Gasteiger partial charge in [0.25, 0.3) is 0 Å². The highest BCUT2D eigenvalue weighted by Gasteiger charge is 2.21. The molecule has 5 heteroatoms. The normalized spacial score (nSPS) is 21.2. The summed E-state index contributed by atoms with van der Waals surface area (Å²) < 4.78 is 0. The first-order valence-corrected chi connectivity index (χ1v) is 7.72. The van der Waals surface area contributed by atoms with Crippen molar-refractivity contribution < 1.29 is 14.7 Å². The predicted molar refractivity (Wildman–Crippen MR) is 78.5 cm³/mol. The quantitative estimate of drug-likeness (QED) is 0.666. The lowest BCUT2D eigenvalue weighted by Gasteiger charge is -2.20. The van der Waals surface area contributed by atoms with E-state index in [1.54, 1.807) is 0 Å². The van der Waals surface area contributed by atoms with Crippen LogP contribution in [0.15, 0.2) is 0 Å². The number of hydrogen-bond acceptors (Lipinski definition) is 3. The number of nitrogens with one attached hydrogen (secondary N) is 2. The third kappa shape index (κ3) is 6.89. The molecule has 1 aliphatic rings. The molecule has 0 bridgehead atoms. The van der Waals surface area contributed by atoms with Gasteiger partial charge in [0.1, 0.15) is 0 Å². The Balaban J connectivity index is 2.39. The van der Waals surface area contributed by atoms with Crippen LogP contribution in [0.25, 0.3) is 0 Å². The highest BCUT2D eigenvalue weighted by Crippen LogP contribution is 2.15.